The molecule has 0 bridgehead atoms. The summed E-state index contributed by atoms with van der Waals surface area (Å²) in [6.45, 7) is 0.388. The minimum Gasteiger partial charge on any atom is -0.492 e. The maximum atomic E-state index is 6.19. The number of aromatic nitrogens is 1. The van der Waals surface area contributed by atoms with Crippen LogP contribution in [0.5, 0.6) is 5.75 Å². The molecular weight excluding hydrogens is 284 g/mol. The highest BCUT2D eigenvalue weighted by Crippen LogP contribution is 2.21. The molecule has 2 N–H and O–H groups in total. The normalized spacial score (nSPS) is 12.3. The summed E-state index contributed by atoms with van der Waals surface area (Å²) >= 11 is 5.92. The number of nitrogens with two attached hydrogens (primary N) is 1. The van der Waals surface area contributed by atoms with Gasteiger partial charge in [-0.05, 0) is 35.9 Å². The minimum absolute atomic E-state index is 0.213. The zero-order valence-corrected chi connectivity index (χ0v) is 12.1. The molecule has 0 spiro atoms. The Morgan fingerprint density at radius 3 is 2.86 bits per heavy atom. The highest BCUT2D eigenvalue weighted by molar-refractivity contribution is 6.30. The third-order valence-electron chi connectivity index (χ3n) is 3.28. The molecule has 3 nitrogen and oxygen atoms in total. The summed E-state index contributed by atoms with van der Waals surface area (Å²) in [5.74, 6) is 0.719. The van der Waals surface area contributed by atoms with E-state index in [-0.39, 0.29) is 6.04 Å². The molecule has 0 aliphatic carbocycles. The minimum atomic E-state index is -0.213. The molecular formula is C17H15ClN2O. The van der Waals surface area contributed by atoms with E-state index in [2.05, 4.69) is 4.98 Å². The van der Waals surface area contributed by atoms with Crippen LogP contribution >= 0.6 is 11.6 Å². The maximum absolute atomic E-state index is 6.19. The largest absolute Gasteiger partial charge is 0.492 e. The molecule has 1 heterocycles. The van der Waals surface area contributed by atoms with Crippen molar-refractivity contribution in [2.24, 2.45) is 5.73 Å². The van der Waals surface area contributed by atoms with Gasteiger partial charge in [0, 0.05) is 16.6 Å². The topological polar surface area (TPSA) is 48.1 Å². The zero-order valence-electron chi connectivity index (χ0n) is 11.4. The summed E-state index contributed by atoms with van der Waals surface area (Å²) in [5, 5.41) is 1.75. The van der Waals surface area contributed by atoms with Crippen LogP contribution in [-0.2, 0) is 0 Å². The molecule has 106 valence electrons. The van der Waals surface area contributed by atoms with Crippen LogP contribution < -0.4 is 10.5 Å². The molecule has 3 rings (SSSR count). The van der Waals surface area contributed by atoms with E-state index in [1.165, 1.54) is 0 Å². The van der Waals surface area contributed by atoms with Gasteiger partial charge in [-0.3, -0.25) is 4.98 Å². The number of pyridine rings is 1. The fourth-order valence-electron chi connectivity index (χ4n) is 2.15. The number of ether oxygens (including phenoxy) is 1. The van der Waals surface area contributed by atoms with Gasteiger partial charge in [-0.1, -0.05) is 35.9 Å². The first-order valence-corrected chi connectivity index (χ1v) is 7.09. The van der Waals surface area contributed by atoms with Crippen LogP contribution in [0.15, 0.2) is 60.8 Å². The molecule has 0 amide bonds. The van der Waals surface area contributed by atoms with E-state index in [1.54, 1.807) is 12.3 Å². The Balaban J connectivity index is 1.73. The molecule has 0 aliphatic heterocycles. The number of benzene rings is 2. The van der Waals surface area contributed by atoms with Crippen molar-refractivity contribution in [3.63, 3.8) is 0 Å². The summed E-state index contributed by atoms with van der Waals surface area (Å²) in [6.07, 6.45) is 1.78. The van der Waals surface area contributed by atoms with Crippen molar-refractivity contribution >= 4 is 22.5 Å². The zero-order chi connectivity index (χ0) is 14.7. The van der Waals surface area contributed by atoms with Crippen LogP contribution in [0.1, 0.15) is 11.6 Å². The van der Waals surface area contributed by atoms with E-state index in [0.717, 1.165) is 22.2 Å². The Kier molecular flexibility index (Phi) is 4.04. The van der Waals surface area contributed by atoms with Gasteiger partial charge in [0.2, 0.25) is 0 Å². The second kappa shape index (κ2) is 6.12. The van der Waals surface area contributed by atoms with Crippen molar-refractivity contribution in [1.29, 1.82) is 0 Å². The smallest absolute Gasteiger partial charge is 0.120 e. The van der Waals surface area contributed by atoms with Gasteiger partial charge in [0.15, 0.2) is 0 Å². The first-order chi connectivity index (χ1) is 10.2. The van der Waals surface area contributed by atoms with Gasteiger partial charge >= 0.3 is 0 Å². The maximum Gasteiger partial charge on any atom is 0.120 e. The summed E-state index contributed by atoms with van der Waals surface area (Å²) in [7, 11) is 0. The van der Waals surface area contributed by atoms with Gasteiger partial charge in [-0.15, -0.1) is 0 Å². The lowest BCUT2D eigenvalue weighted by Crippen LogP contribution is -2.19. The second-order valence-corrected chi connectivity index (χ2v) is 5.27. The molecule has 0 aliphatic rings. The Hall–Kier alpha value is -2.10. The fraction of sp³-hybridized carbons (Fsp3) is 0.118. The SMILES string of the molecule is NC(COc1cccc(Cl)c1)c1ccc2cccnc2c1. The Morgan fingerprint density at radius 2 is 2.00 bits per heavy atom. The van der Waals surface area contributed by atoms with E-state index in [1.807, 2.05) is 48.5 Å². The van der Waals surface area contributed by atoms with E-state index < -0.39 is 0 Å². The predicted molar refractivity (Wildman–Crippen MR) is 85.6 cm³/mol. The molecule has 0 radical (unpaired) electrons. The highest BCUT2D eigenvalue weighted by atomic mass is 35.5. The number of halogens is 1. The molecule has 0 saturated heterocycles. The van der Waals surface area contributed by atoms with Crippen LogP contribution in [0.3, 0.4) is 0 Å². The van der Waals surface area contributed by atoms with Crippen molar-refractivity contribution in [2.45, 2.75) is 6.04 Å². The first kappa shape index (κ1) is 13.9. The third-order valence-corrected chi connectivity index (χ3v) is 3.52. The number of hydrogen-bond donors (Lipinski definition) is 1. The standard InChI is InChI=1S/C17H15ClN2O/c18-14-4-1-5-15(10-14)21-11-16(19)13-7-6-12-3-2-8-20-17(12)9-13/h1-10,16H,11,19H2. The lowest BCUT2D eigenvalue weighted by Gasteiger charge is -2.14. The average molecular weight is 299 g/mol. The quantitative estimate of drug-likeness (QED) is 0.793. The van der Waals surface area contributed by atoms with E-state index >= 15 is 0 Å². The Bertz CT molecular complexity index is 760. The van der Waals surface area contributed by atoms with Gasteiger partial charge < -0.3 is 10.5 Å². The van der Waals surface area contributed by atoms with Crippen LogP contribution in [0.4, 0.5) is 0 Å². The Morgan fingerprint density at radius 1 is 1.10 bits per heavy atom. The number of rotatable bonds is 4. The van der Waals surface area contributed by atoms with Crippen molar-refractivity contribution in [3.8, 4) is 5.75 Å². The van der Waals surface area contributed by atoms with Gasteiger partial charge in [-0.2, -0.15) is 0 Å². The van der Waals surface area contributed by atoms with Crippen LogP contribution in [0.2, 0.25) is 5.02 Å². The fourth-order valence-corrected chi connectivity index (χ4v) is 2.33. The average Bonchev–Trinajstić information content (AvgIpc) is 2.52. The summed E-state index contributed by atoms with van der Waals surface area (Å²) in [5.41, 5.74) is 8.13. The second-order valence-electron chi connectivity index (χ2n) is 4.83. The number of hydrogen-bond acceptors (Lipinski definition) is 3. The van der Waals surface area contributed by atoms with Gasteiger partial charge in [0.05, 0.1) is 11.6 Å². The molecule has 3 aromatic rings. The highest BCUT2D eigenvalue weighted by Gasteiger charge is 2.08. The monoisotopic (exact) mass is 298 g/mol. The van der Waals surface area contributed by atoms with Gasteiger partial charge in [-0.25, -0.2) is 0 Å². The lowest BCUT2D eigenvalue weighted by molar-refractivity contribution is 0.291. The molecule has 21 heavy (non-hydrogen) atoms. The summed E-state index contributed by atoms with van der Waals surface area (Å²) in [4.78, 5) is 4.34. The number of fused-ring (bicyclic) bond motifs is 1. The lowest BCUT2D eigenvalue weighted by atomic mass is 10.1. The molecule has 4 heteroatoms. The number of nitrogens with zero attached hydrogens (tertiary/aromatic N) is 1. The van der Waals surface area contributed by atoms with Crippen LogP contribution in [0, 0.1) is 0 Å². The molecule has 1 unspecified atom stereocenters. The molecule has 0 saturated carbocycles. The Labute approximate surface area is 128 Å². The van der Waals surface area contributed by atoms with Gasteiger partial charge in [0.1, 0.15) is 12.4 Å². The first-order valence-electron chi connectivity index (χ1n) is 6.71. The van der Waals surface area contributed by atoms with Crippen LogP contribution in [-0.4, -0.2) is 11.6 Å². The predicted octanol–water partition coefficient (Wildman–Crippen LogP) is 3.97. The molecule has 2 aromatic carbocycles. The van der Waals surface area contributed by atoms with Crippen molar-refractivity contribution < 1.29 is 4.74 Å². The van der Waals surface area contributed by atoms with Gasteiger partial charge in [0.25, 0.3) is 0 Å². The van der Waals surface area contributed by atoms with Crippen molar-refractivity contribution in [3.05, 3.63) is 71.4 Å². The summed E-state index contributed by atoms with van der Waals surface area (Å²) < 4.78 is 5.69. The van der Waals surface area contributed by atoms with E-state index in [0.29, 0.717) is 11.6 Å². The van der Waals surface area contributed by atoms with Crippen molar-refractivity contribution in [1.82, 2.24) is 4.98 Å². The van der Waals surface area contributed by atoms with E-state index in [9.17, 15) is 0 Å². The summed E-state index contributed by atoms with van der Waals surface area (Å²) in [6, 6.07) is 17.1. The molecule has 0 fully saturated rings. The molecule has 1 atom stereocenters. The van der Waals surface area contributed by atoms with Crippen molar-refractivity contribution in [2.75, 3.05) is 6.61 Å². The van der Waals surface area contributed by atoms with E-state index in [4.69, 9.17) is 22.1 Å². The van der Waals surface area contributed by atoms with Crippen LogP contribution in [0.25, 0.3) is 10.9 Å². The third kappa shape index (κ3) is 3.32. The molecule has 1 aromatic heterocycles.